The van der Waals surface area contributed by atoms with E-state index < -0.39 is 15.2 Å². The van der Waals surface area contributed by atoms with Gasteiger partial charge in [0.1, 0.15) is 0 Å². The second-order valence-electron chi connectivity index (χ2n) is 8.17. The molecule has 6 heteroatoms. The summed E-state index contributed by atoms with van der Waals surface area (Å²) in [5.74, 6) is 0. The summed E-state index contributed by atoms with van der Waals surface area (Å²) >= 11 is 0. The number of halogens is 4. The summed E-state index contributed by atoms with van der Waals surface area (Å²) in [6.07, 6.45) is 3.81. The Labute approximate surface area is 146 Å². The minimum absolute atomic E-state index is 0.397. The summed E-state index contributed by atoms with van der Waals surface area (Å²) in [5.41, 5.74) is 1.50. The van der Waals surface area contributed by atoms with Crippen molar-refractivity contribution in [3.8, 4) is 0 Å². The molecular formula is C18H32BF4P. The minimum atomic E-state index is -6.00. The maximum Gasteiger partial charge on any atom is 0.673 e. The van der Waals surface area contributed by atoms with Crippen LogP contribution in [0.4, 0.5) is 17.3 Å². The number of benzene rings is 1. The fraction of sp³-hybridized carbons (Fsp3) is 0.667. The molecule has 0 aromatic heterocycles. The first-order chi connectivity index (χ1) is 10.7. The topological polar surface area (TPSA) is 0 Å². The van der Waals surface area contributed by atoms with Crippen LogP contribution in [-0.2, 0) is 6.42 Å². The molecule has 0 atom stereocenters. The third-order valence-electron chi connectivity index (χ3n) is 3.56. The van der Waals surface area contributed by atoms with Crippen LogP contribution in [-0.4, -0.2) is 17.6 Å². The molecule has 0 radical (unpaired) electrons. The predicted molar refractivity (Wildman–Crippen MR) is 103 cm³/mol. The van der Waals surface area contributed by atoms with Gasteiger partial charge in [-0.3, -0.25) is 0 Å². The average Bonchev–Trinajstić information content (AvgIpc) is 2.32. The van der Waals surface area contributed by atoms with E-state index in [0.717, 1.165) is 0 Å². The van der Waals surface area contributed by atoms with Crippen LogP contribution in [0.5, 0.6) is 0 Å². The zero-order chi connectivity index (χ0) is 19.2. The Bertz CT molecular complexity index is 450. The van der Waals surface area contributed by atoms with Gasteiger partial charge in [-0.2, -0.15) is 0 Å². The van der Waals surface area contributed by atoms with Gasteiger partial charge in [-0.25, -0.2) is 0 Å². The van der Waals surface area contributed by atoms with Crippen molar-refractivity contribution in [1.82, 2.24) is 0 Å². The Balaban J connectivity index is 0.000000922. The van der Waals surface area contributed by atoms with Crippen molar-refractivity contribution in [2.75, 3.05) is 0 Å². The molecule has 0 aliphatic rings. The van der Waals surface area contributed by atoms with Crippen LogP contribution in [0.3, 0.4) is 0 Å². The lowest BCUT2D eigenvalue weighted by molar-refractivity contribution is 0.368. The Hall–Kier alpha value is -0.565. The second-order valence-corrected chi connectivity index (χ2v) is 12.5. The number of aryl methyl sites for hydroxylation is 1. The fourth-order valence-corrected chi connectivity index (χ4v) is 7.69. The molecule has 0 heterocycles. The van der Waals surface area contributed by atoms with Crippen molar-refractivity contribution in [3.63, 3.8) is 0 Å². The van der Waals surface area contributed by atoms with E-state index in [4.69, 9.17) is 0 Å². The molecule has 0 aliphatic heterocycles. The Morgan fingerprint density at radius 2 is 1.21 bits per heavy atom. The summed E-state index contributed by atoms with van der Waals surface area (Å²) in [6.45, 7) is 16.7. The molecule has 0 unspecified atom stereocenters. The molecule has 0 amide bonds. The zero-order valence-corrected chi connectivity index (χ0v) is 17.0. The molecule has 1 aromatic carbocycles. The summed E-state index contributed by atoms with van der Waals surface area (Å²) in [7, 11) is -6.59. The minimum Gasteiger partial charge on any atom is -0.418 e. The van der Waals surface area contributed by atoms with E-state index in [1.165, 1.54) is 24.8 Å². The van der Waals surface area contributed by atoms with Crippen LogP contribution in [0.25, 0.3) is 0 Å². The van der Waals surface area contributed by atoms with Crippen molar-refractivity contribution in [2.45, 2.75) is 78.0 Å². The van der Waals surface area contributed by atoms with Crippen molar-refractivity contribution >= 4 is 20.5 Å². The Morgan fingerprint density at radius 1 is 0.833 bits per heavy atom. The van der Waals surface area contributed by atoms with E-state index in [0.29, 0.717) is 10.3 Å². The summed E-state index contributed by atoms with van der Waals surface area (Å²) < 4.78 is 39.0. The van der Waals surface area contributed by atoms with Gasteiger partial charge in [0, 0.05) is 7.92 Å². The molecule has 0 nitrogen and oxygen atoms in total. The summed E-state index contributed by atoms with van der Waals surface area (Å²) in [6, 6.07) is 9.51. The summed E-state index contributed by atoms with van der Waals surface area (Å²) in [4.78, 5) is 0. The van der Waals surface area contributed by atoms with Gasteiger partial charge in [-0.05, 0) is 72.1 Å². The van der Waals surface area contributed by atoms with Gasteiger partial charge < -0.3 is 17.3 Å². The molecule has 1 aromatic rings. The maximum atomic E-state index is 9.75. The molecule has 24 heavy (non-hydrogen) atoms. The first-order valence-corrected chi connectivity index (χ1v) is 10.0. The Kier molecular flexibility index (Phi) is 9.00. The van der Waals surface area contributed by atoms with Crippen molar-refractivity contribution in [3.05, 3.63) is 29.8 Å². The van der Waals surface area contributed by atoms with Crippen LogP contribution >= 0.6 is 7.92 Å². The highest BCUT2D eigenvalue weighted by Crippen LogP contribution is 2.58. The highest BCUT2D eigenvalue weighted by molar-refractivity contribution is 7.68. The van der Waals surface area contributed by atoms with Gasteiger partial charge in [-0.15, -0.1) is 0 Å². The number of hydrogen-bond acceptors (Lipinski definition) is 0. The highest BCUT2D eigenvalue weighted by Gasteiger charge is 2.43. The largest absolute Gasteiger partial charge is 0.673 e. The first kappa shape index (κ1) is 23.4. The molecule has 1 rings (SSSR count). The van der Waals surface area contributed by atoms with Gasteiger partial charge in [0.25, 0.3) is 0 Å². The van der Waals surface area contributed by atoms with Crippen LogP contribution in [0.15, 0.2) is 24.3 Å². The highest BCUT2D eigenvalue weighted by atomic mass is 31.1. The van der Waals surface area contributed by atoms with Crippen molar-refractivity contribution in [2.24, 2.45) is 0 Å². The van der Waals surface area contributed by atoms with E-state index in [1.807, 2.05) is 0 Å². The van der Waals surface area contributed by atoms with E-state index in [2.05, 4.69) is 72.7 Å². The van der Waals surface area contributed by atoms with Gasteiger partial charge in [0.2, 0.25) is 0 Å². The van der Waals surface area contributed by atoms with E-state index in [9.17, 15) is 17.3 Å². The van der Waals surface area contributed by atoms with E-state index in [1.54, 1.807) is 5.30 Å². The molecule has 0 N–H and O–H groups in total. The summed E-state index contributed by atoms with van der Waals surface area (Å²) in [5, 5.41) is 2.38. The number of hydrogen-bond donors (Lipinski definition) is 0. The average molecular weight is 366 g/mol. The van der Waals surface area contributed by atoms with Crippen LogP contribution in [0, 0.1) is 0 Å². The molecule has 0 aliphatic carbocycles. The quantitative estimate of drug-likeness (QED) is 0.314. The molecule has 0 bridgehead atoms. The molecule has 140 valence electrons. The third kappa shape index (κ3) is 10.3. The van der Waals surface area contributed by atoms with E-state index >= 15 is 0 Å². The van der Waals surface area contributed by atoms with Crippen LogP contribution in [0.2, 0.25) is 0 Å². The van der Waals surface area contributed by atoms with Crippen molar-refractivity contribution in [1.29, 1.82) is 0 Å². The maximum absolute atomic E-state index is 9.75. The lowest BCUT2D eigenvalue weighted by atomic mass is 10.1. The molecule has 0 fully saturated rings. The van der Waals surface area contributed by atoms with Crippen LogP contribution in [0.1, 0.15) is 66.9 Å². The standard InChI is InChI=1S/C18H31P.BF4/c1-8-9-10-15-11-13-16(14-12-15)19(17(2,3)4)18(5,6)7;2-1(3,4)5/h11-14H,8-10H2,1-7H3;/q;-1/p+1. The Morgan fingerprint density at radius 3 is 1.50 bits per heavy atom. The second kappa shape index (κ2) is 9.22. The first-order valence-electron chi connectivity index (χ1n) is 8.50. The third-order valence-corrected chi connectivity index (χ3v) is 7.47. The zero-order valence-electron chi connectivity index (χ0n) is 16.0. The molecule has 0 saturated carbocycles. The normalized spacial score (nSPS) is 12.8. The number of rotatable bonds is 4. The SMILES string of the molecule is CCCCc1ccc([PH+](C(C)(C)C)C(C)(C)C)cc1.F[B-](F)(F)F. The predicted octanol–water partition coefficient (Wildman–Crippen LogP) is 6.77. The lowest BCUT2D eigenvalue weighted by Crippen LogP contribution is -2.31. The van der Waals surface area contributed by atoms with E-state index in [-0.39, 0.29) is 0 Å². The smallest absolute Gasteiger partial charge is 0.418 e. The van der Waals surface area contributed by atoms with Gasteiger partial charge in [-0.1, -0.05) is 25.5 Å². The molecule has 0 spiro atoms. The van der Waals surface area contributed by atoms with Gasteiger partial charge >= 0.3 is 7.25 Å². The molecule has 0 saturated heterocycles. The fourth-order valence-electron chi connectivity index (χ4n) is 3.21. The number of unbranched alkanes of at least 4 members (excludes halogenated alkanes) is 1. The van der Waals surface area contributed by atoms with Crippen LogP contribution < -0.4 is 5.30 Å². The molecular weight excluding hydrogens is 334 g/mol. The van der Waals surface area contributed by atoms with Gasteiger partial charge in [0.15, 0.2) is 0 Å². The van der Waals surface area contributed by atoms with Gasteiger partial charge in [0.05, 0.1) is 15.6 Å². The van der Waals surface area contributed by atoms with Crippen molar-refractivity contribution < 1.29 is 17.3 Å². The lowest BCUT2D eigenvalue weighted by Gasteiger charge is -2.33. The monoisotopic (exact) mass is 366 g/mol.